The lowest BCUT2D eigenvalue weighted by molar-refractivity contribution is -0.130. The summed E-state index contributed by atoms with van der Waals surface area (Å²) in [5.74, 6) is -0.706. The third-order valence-electron chi connectivity index (χ3n) is 5.53. The summed E-state index contributed by atoms with van der Waals surface area (Å²) in [6, 6.07) is 14.3. The number of Topliss-reactive ketones (excluding diaryl/α,β-unsaturated/α-hetero) is 1. The molecule has 0 aliphatic carbocycles. The number of nitrogens with zero attached hydrogens (tertiary/aromatic N) is 2. The summed E-state index contributed by atoms with van der Waals surface area (Å²) in [5, 5.41) is 11.6. The predicted octanol–water partition coefficient (Wildman–Crippen LogP) is 4.86. The van der Waals surface area contributed by atoms with E-state index < -0.39 is 17.7 Å². The molecule has 4 rings (SSSR count). The number of carbonyl (C=O) groups is 2. The number of benzene rings is 2. The van der Waals surface area contributed by atoms with Gasteiger partial charge in [-0.05, 0) is 44.0 Å². The first-order chi connectivity index (χ1) is 15.3. The minimum absolute atomic E-state index is 0.0980. The molecule has 1 aliphatic rings. The van der Waals surface area contributed by atoms with E-state index in [1.807, 2.05) is 62.4 Å². The SMILES string of the molecule is COc1ccc(CN2C(=O)C(O)=C(C(=O)c3sc(C)nc3C)C2c2cccc(C)c2)cc1. The first-order valence-corrected chi connectivity index (χ1v) is 11.0. The van der Waals surface area contributed by atoms with Gasteiger partial charge in [-0.2, -0.15) is 0 Å². The van der Waals surface area contributed by atoms with E-state index in [0.29, 0.717) is 16.3 Å². The van der Waals surface area contributed by atoms with E-state index in [-0.39, 0.29) is 17.9 Å². The first-order valence-electron chi connectivity index (χ1n) is 10.2. The molecule has 7 heteroatoms. The highest BCUT2D eigenvalue weighted by atomic mass is 32.1. The lowest BCUT2D eigenvalue weighted by Crippen LogP contribution is -2.30. The smallest absolute Gasteiger partial charge is 0.290 e. The molecular formula is C25H24N2O4S. The topological polar surface area (TPSA) is 79.7 Å². The molecule has 1 N–H and O–H groups in total. The molecule has 1 amide bonds. The Morgan fingerprint density at radius 3 is 2.47 bits per heavy atom. The fourth-order valence-corrected chi connectivity index (χ4v) is 4.90. The van der Waals surface area contributed by atoms with Gasteiger partial charge in [0.1, 0.15) is 5.75 Å². The van der Waals surface area contributed by atoms with Crippen molar-refractivity contribution in [1.29, 1.82) is 0 Å². The highest BCUT2D eigenvalue weighted by molar-refractivity contribution is 7.14. The molecule has 164 valence electrons. The van der Waals surface area contributed by atoms with Crippen molar-refractivity contribution in [3.63, 3.8) is 0 Å². The van der Waals surface area contributed by atoms with Crippen LogP contribution in [0, 0.1) is 20.8 Å². The van der Waals surface area contributed by atoms with Crippen LogP contribution in [0.3, 0.4) is 0 Å². The summed E-state index contributed by atoms with van der Waals surface area (Å²) in [6.45, 7) is 5.79. The zero-order chi connectivity index (χ0) is 23.0. The van der Waals surface area contributed by atoms with E-state index in [1.165, 1.54) is 11.3 Å². The largest absolute Gasteiger partial charge is 0.503 e. The number of hydrogen-bond acceptors (Lipinski definition) is 6. The molecule has 0 bridgehead atoms. The van der Waals surface area contributed by atoms with Gasteiger partial charge in [0.25, 0.3) is 5.91 Å². The Morgan fingerprint density at radius 1 is 1.16 bits per heavy atom. The van der Waals surface area contributed by atoms with Crippen LogP contribution in [0.25, 0.3) is 0 Å². The quantitative estimate of drug-likeness (QED) is 0.545. The lowest BCUT2D eigenvalue weighted by atomic mass is 9.94. The highest BCUT2D eigenvalue weighted by Crippen LogP contribution is 2.41. The highest BCUT2D eigenvalue weighted by Gasteiger charge is 2.44. The molecule has 32 heavy (non-hydrogen) atoms. The Kier molecular flexibility index (Phi) is 5.84. The Bertz CT molecular complexity index is 1230. The van der Waals surface area contributed by atoms with E-state index in [2.05, 4.69) is 4.98 Å². The average molecular weight is 449 g/mol. The van der Waals surface area contributed by atoms with Crippen LogP contribution in [0.5, 0.6) is 5.75 Å². The molecule has 0 radical (unpaired) electrons. The Labute approximate surface area is 190 Å². The minimum atomic E-state index is -0.696. The maximum atomic E-state index is 13.5. The molecule has 3 aromatic rings. The van der Waals surface area contributed by atoms with Gasteiger partial charge in [-0.15, -0.1) is 11.3 Å². The number of hydrogen-bond donors (Lipinski definition) is 1. The molecular weight excluding hydrogens is 424 g/mol. The molecule has 0 spiro atoms. The Hall–Kier alpha value is -3.45. The number of ether oxygens (including phenoxy) is 1. The van der Waals surface area contributed by atoms with Gasteiger partial charge in [-0.1, -0.05) is 42.0 Å². The second-order valence-electron chi connectivity index (χ2n) is 7.84. The van der Waals surface area contributed by atoms with Crippen molar-refractivity contribution in [2.45, 2.75) is 33.4 Å². The standard InChI is InChI=1S/C25H24N2O4S/c1-14-6-5-7-18(12-14)21-20(22(28)24-15(2)26-16(3)32-24)23(29)25(30)27(21)13-17-8-10-19(31-4)11-9-17/h5-12,21,29H,13H2,1-4H3. The van der Waals surface area contributed by atoms with Crippen LogP contribution < -0.4 is 4.74 Å². The van der Waals surface area contributed by atoms with Crippen molar-refractivity contribution in [1.82, 2.24) is 9.88 Å². The minimum Gasteiger partial charge on any atom is -0.503 e. The third kappa shape index (κ3) is 3.91. The number of thiazole rings is 1. The summed E-state index contributed by atoms with van der Waals surface area (Å²) in [6.07, 6.45) is 0. The zero-order valence-corrected chi connectivity index (χ0v) is 19.2. The number of carbonyl (C=O) groups excluding carboxylic acids is 2. The fourth-order valence-electron chi connectivity index (χ4n) is 4.03. The summed E-state index contributed by atoms with van der Waals surface area (Å²) >= 11 is 1.27. The number of ketones is 1. The zero-order valence-electron chi connectivity index (χ0n) is 18.4. The van der Waals surface area contributed by atoms with E-state index in [4.69, 9.17) is 4.74 Å². The molecule has 0 saturated carbocycles. The fraction of sp³-hybridized carbons (Fsp3) is 0.240. The number of amides is 1. The molecule has 6 nitrogen and oxygen atoms in total. The van der Waals surface area contributed by atoms with Gasteiger partial charge in [-0.3, -0.25) is 9.59 Å². The molecule has 0 saturated heterocycles. The molecule has 1 aliphatic heterocycles. The van der Waals surface area contributed by atoms with Crippen molar-refractivity contribution in [2.24, 2.45) is 0 Å². The number of methoxy groups -OCH3 is 1. The van der Waals surface area contributed by atoms with Crippen LogP contribution >= 0.6 is 11.3 Å². The molecule has 1 unspecified atom stereocenters. The van der Waals surface area contributed by atoms with Crippen molar-refractivity contribution in [2.75, 3.05) is 7.11 Å². The van der Waals surface area contributed by atoms with Gasteiger partial charge in [0, 0.05) is 6.54 Å². The number of aliphatic hydroxyl groups is 1. The second-order valence-corrected chi connectivity index (χ2v) is 9.04. The van der Waals surface area contributed by atoms with Crippen molar-refractivity contribution in [3.8, 4) is 5.75 Å². The number of aliphatic hydroxyl groups excluding tert-OH is 1. The van der Waals surface area contributed by atoms with Crippen molar-refractivity contribution >= 4 is 23.0 Å². The van der Waals surface area contributed by atoms with Crippen LogP contribution in [0.15, 0.2) is 59.9 Å². The van der Waals surface area contributed by atoms with E-state index in [9.17, 15) is 14.7 Å². The molecule has 2 heterocycles. The summed E-state index contributed by atoms with van der Waals surface area (Å²) in [7, 11) is 1.59. The molecule has 0 fully saturated rings. The number of aryl methyl sites for hydroxylation is 3. The number of aromatic nitrogens is 1. The second kappa shape index (κ2) is 8.59. The third-order valence-corrected chi connectivity index (χ3v) is 6.60. The first kappa shape index (κ1) is 21.8. The van der Waals surface area contributed by atoms with Gasteiger partial charge in [0.05, 0.1) is 34.3 Å². The summed E-state index contributed by atoms with van der Waals surface area (Å²) in [5.41, 5.74) is 3.34. The molecule has 2 aromatic carbocycles. The van der Waals surface area contributed by atoms with Gasteiger partial charge in [0.2, 0.25) is 5.78 Å². The van der Waals surface area contributed by atoms with E-state index in [0.717, 1.165) is 21.7 Å². The Balaban J connectivity index is 1.79. The molecule has 1 atom stereocenters. The van der Waals surface area contributed by atoms with E-state index >= 15 is 0 Å². The van der Waals surface area contributed by atoms with Gasteiger partial charge < -0.3 is 14.7 Å². The van der Waals surface area contributed by atoms with E-state index in [1.54, 1.807) is 18.9 Å². The van der Waals surface area contributed by atoms with Crippen LogP contribution in [0.4, 0.5) is 0 Å². The monoisotopic (exact) mass is 448 g/mol. The lowest BCUT2D eigenvalue weighted by Gasteiger charge is -2.27. The van der Waals surface area contributed by atoms with Crippen LogP contribution in [0.2, 0.25) is 0 Å². The molecule has 1 aromatic heterocycles. The summed E-state index contributed by atoms with van der Waals surface area (Å²) in [4.78, 5) is 33.0. The Morgan fingerprint density at radius 2 is 1.88 bits per heavy atom. The van der Waals surface area contributed by atoms with Crippen molar-refractivity contribution in [3.05, 3.63) is 92.1 Å². The average Bonchev–Trinajstić information content (AvgIpc) is 3.24. The van der Waals surface area contributed by atoms with Crippen LogP contribution in [0.1, 0.15) is 43.1 Å². The summed E-state index contributed by atoms with van der Waals surface area (Å²) < 4.78 is 5.21. The predicted molar refractivity (Wildman–Crippen MR) is 123 cm³/mol. The van der Waals surface area contributed by atoms with Crippen LogP contribution in [-0.4, -0.2) is 33.8 Å². The van der Waals surface area contributed by atoms with Gasteiger partial charge >= 0.3 is 0 Å². The van der Waals surface area contributed by atoms with Gasteiger partial charge in [0.15, 0.2) is 5.76 Å². The normalized spacial score (nSPS) is 16.1. The van der Waals surface area contributed by atoms with Crippen LogP contribution in [-0.2, 0) is 11.3 Å². The van der Waals surface area contributed by atoms with Gasteiger partial charge in [-0.25, -0.2) is 4.98 Å². The van der Waals surface area contributed by atoms with Crippen molar-refractivity contribution < 1.29 is 19.4 Å². The number of rotatable bonds is 6. The maximum Gasteiger partial charge on any atom is 0.290 e. The maximum absolute atomic E-state index is 13.5.